The molecule has 0 radical (unpaired) electrons. The molecule has 0 heterocycles. The Morgan fingerprint density at radius 3 is 2.20 bits per heavy atom. The molecule has 0 saturated carbocycles. The smallest absolute Gasteiger partial charge is 0.381 e. The van der Waals surface area contributed by atoms with Crippen LogP contribution in [0.25, 0.3) is 0 Å². The Balaban J connectivity index is 3.86. The van der Waals surface area contributed by atoms with Gasteiger partial charge in [-0.25, -0.2) is 4.79 Å². The first-order chi connectivity index (χ1) is 4.57. The normalized spacial score (nSPS) is 8.50. The number of carbonyl (C=O) groups is 3. The van der Waals surface area contributed by atoms with E-state index in [0.29, 0.717) is 0 Å². The lowest BCUT2D eigenvalue weighted by Crippen LogP contribution is -2.18. The van der Waals surface area contributed by atoms with E-state index in [4.69, 9.17) is 0 Å². The molecule has 0 rings (SSSR count). The van der Waals surface area contributed by atoms with Crippen molar-refractivity contribution in [3.8, 4) is 0 Å². The van der Waals surface area contributed by atoms with Gasteiger partial charge in [-0.3, -0.25) is 9.59 Å². The summed E-state index contributed by atoms with van der Waals surface area (Å²) in [6, 6.07) is 0. The van der Waals surface area contributed by atoms with E-state index in [-0.39, 0.29) is 6.32 Å². The maximum atomic E-state index is 10.4. The van der Waals surface area contributed by atoms with Gasteiger partial charge in [0.2, 0.25) is 5.78 Å². The maximum absolute atomic E-state index is 10.4. The van der Waals surface area contributed by atoms with Crippen molar-refractivity contribution in [2.75, 3.05) is 0 Å². The summed E-state index contributed by atoms with van der Waals surface area (Å²) in [5.41, 5.74) is 0. The predicted octanol–water partition coefficient (Wildman–Crippen LogP) is -1.30. The molecule has 0 N–H and O–H groups in total. The molecule has 0 aromatic carbocycles. The highest BCUT2D eigenvalue weighted by Gasteiger charge is 2.13. The Morgan fingerprint density at radius 2 is 1.90 bits per heavy atom. The van der Waals surface area contributed by atoms with Gasteiger partial charge in [0.05, 0.1) is 0 Å². The minimum atomic E-state index is -1.07. The molecule has 54 valence electrons. The van der Waals surface area contributed by atoms with Crippen LogP contribution in [0.15, 0.2) is 0 Å². The highest BCUT2D eigenvalue weighted by Crippen LogP contribution is 1.85. The summed E-state index contributed by atoms with van der Waals surface area (Å²) >= 11 is 0. The number of esters is 2. The number of ether oxygens (including phenoxy) is 1. The lowest BCUT2D eigenvalue weighted by atomic mass is 10.0. The topological polar surface area (TPSA) is 60.4 Å². The number of hydrogen-bond donors (Lipinski definition) is 0. The van der Waals surface area contributed by atoms with Gasteiger partial charge in [-0.1, -0.05) is 0 Å². The fraction of sp³-hybridized carbons (Fsp3) is 0.400. The minimum Gasteiger partial charge on any atom is -0.387 e. The number of hydrogen-bond acceptors (Lipinski definition) is 4. The monoisotopic (exact) mass is 142 g/mol. The molecule has 4 nitrogen and oxygen atoms in total. The first-order valence-corrected chi connectivity index (χ1v) is 2.83. The SMILES string of the molecule is BCC(=O)C(=O)OC(C)=O. The summed E-state index contributed by atoms with van der Waals surface area (Å²) in [4.78, 5) is 30.9. The number of Topliss-reactive ketones (excluding diaryl/α,β-unsaturated/α-hetero) is 1. The zero-order valence-corrected chi connectivity index (χ0v) is 5.84. The van der Waals surface area contributed by atoms with E-state index >= 15 is 0 Å². The average molecular weight is 142 g/mol. The third-order valence-corrected chi connectivity index (χ3v) is 0.785. The molecule has 0 atom stereocenters. The van der Waals surface area contributed by atoms with Gasteiger partial charge in [0.15, 0.2) is 0 Å². The van der Waals surface area contributed by atoms with Crippen molar-refractivity contribution in [1.82, 2.24) is 0 Å². The summed E-state index contributed by atoms with van der Waals surface area (Å²) in [7, 11) is 1.52. The standard InChI is InChI=1S/C5H7BO4/c1-3(7)10-5(9)4(8)2-6/h2,6H2,1H3. The molecule has 0 saturated heterocycles. The van der Waals surface area contributed by atoms with Crippen molar-refractivity contribution in [2.45, 2.75) is 13.2 Å². The molecular weight excluding hydrogens is 135 g/mol. The Labute approximate surface area is 58.9 Å². The molecule has 0 bridgehead atoms. The van der Waals surface area contributed by atoms with E-state index in [2.05, 4.69) is 4.74 Å². The molecule has 0 spiro atoms. The molecule has 0 aromatic heterocycles. The average Bonchev–Trinajstić information content (AvgIpc) is 1.85. The van der Waals surface area contributed by atoms with Crippen LogP contribution < -0.4 is 0 Å². The van der Waals surface area contributed by atoms with Crippen molar-refractivity contribution in [3.63, 3.8) is 0 Å². The van der Waals surface area contributed by atoms with Crippen molar-refractivity contribution < 1.29 is 19.1 Å². The lowest BCUT2D eigenvalue weighted by Gasteiger charge is -1.94. The van der Waals surface area contributed by atoms with Gasteiger partial charge in [-0.2, -0.15) is 0 Å². The van der Waals surface area contributed by atoms with Crippen molar-refractivity contribution in [2.24, 2.45) is 0 Å². The van der Waals surface area contributed by atoms with Crippen LogP contribution in [0.4, 0.5) is 0 Å². The summed E-state index contributed by atoms with van der Waals surface area (Å²) in [6.45, 7) is 1.07. The van der Waals surface area contributed by atoms with Crippen LogP contribution in [0.3, 0.4) is 0 Å². The van der Waals surface area contributed by atoms with Crippen molar-refractivity contribution in [1.29, 1.82) is 0 Å². The van der Waals surface area contributed by atoms with Crippen molar-refractivity contribution in [3.05, 3.63) is 0 Å². The molecule has 0 amide bonds. The summed E-state index contributed by atoms with van der Waals surface area (Å²) in [6.07, 6.45) is 0.0616. The zero-order chi connectivity index (χ0) is 8.15. The first kappa shape index (κ1) is 8.87. The lowest BCUT2D eigenvalue weighted by molar-refractivity contribution is -0.162. The predicted molar refractivity (Wildman–Crippen MR) is 35.1 cm³/mol. The van der Waals surface area contributed by atoms with Gasteiger partial charge in [-0.15, -0.1) is 0 Å². The molecule has 5 heteroatoms. The fourth-order valence-electron chi connectivity index (χ4n) is 0.332. The molecular formula is C5H7BO4. The van der Waals surface area contributed by atoms with E-state index < -0.39 is 17.7 Å². The van der Waals surface area contributed by atoms with Crippen molar-refractivity contribution >= 4 is 25.6 Å². The third-order valence-electron chi connectivity index (χ3n) is 0.785. The van der Waals surface area contributed by atoms with E-state index in [1.54, 1.807) is 0 Å². The van der Waals surface area contributed by atoms with Gasteiger partial charge in [0.25, 0.3) is 0 Å². The van der Waals surface area contributed by atoms with Gasteiger partial charge < -0.3 is 4.74 Å². The highest BCUT2D eigenvalue weighted by molar-refractivity contribution is 6.43. The molecule has 10 heavy (non-hydrogen) atoms. The molecule has 0 unspecified atom stereocenters. The molecule has 0 fully saturated rings. The second-order valence-corrected chi connectivity index (χ2v) is 1.66. The maximum Gasteiger partial charge on any atom is 0.381 e. The second-order valence-electron chi connectivity index (χ2n) is 1.66. The van der Waals surface area contributed by atoms with Gasteiger partial charge in [-0.05, 0) is 6.32 Å². The van der Waals surface area contributed by atoms with Gasteiger partial charge in [0, 0.05) is 6.92 Å². The van der Waals surface area contributed by atoms with Crippen LogP contribution in [-0.4, -0.2) is 25.6 Å². The summed E-state index contributed by atoms with van der Waals surface area (Å²) in [5.74, 6) is -2.52. The van der Waals surface area contributed by atoms with Crippen LogP contribution in [0.5, 0.6) is 0 Å². The Bertz CT molecular complexity index is 174. The van der Waals surface area contributed by atoms with Crippen LogP contribution in [-0.2, 0) is 19.1 Å². The number of rotatable bonds is 2. The number of ketones is 1. The van der Waals surface area contributed by atoms with Gasteiger partial charge >= 0.3 is 11.9 Å². The third kappa shape index (κ3) is 3.01. The quantitative estimate of drug-likeness (QED) is 0.208. The number of carbonyl (C=O) groups excluding carboxylic acids is 3. The Hall–Kier alpha value is -1.13. The summed E-state index contributed by atoms with van der Waals surface area (Å²) < 4.78 is 3.98. The van der Waals surface area contributed by atoms with E-state index in [1.165, 1.54) is 7.85 Å². The fourth-order valence-corrected chi connectivity index (χ4v) is 0.332. The molecule has 0 aliphatic carbocycles. The zero-order valence-electron chi connectivity index (χ0n) is 5.84. The van der Waals surface area contributed by atoms with Crippen LogP contribution in [0.2, 0.25) is 6.32 Å². The van der Waals surface area contributed by atoms with Crippen LogP contribution >= 0.6 is 0 Å². The van der Waals surface area contributed by atoms with E-state index in [0.717, 1.165) is 6.92 Å². The molecule has 0 aromatic rings. The Kier molecular flexibility index (Phi) is 3.39. The summed E-state index contributed by atoms with van der Waals surface area (Å²) in [5, 5.41) is 0. The second kappa shape index (κ2) is 3.82. The van der Waals surface area contributed by atoms with E-state index in [1.807, 2.05) is 0 Å². The minimum absolute atomic E-state index is 0.0616. The van der Waals surface area contributed by atoms with Gasteiger partial charge in [0.1, 0.15) is 7.85 Å². The van der Waals surface area contributed by atoms with Crippen LogP contribution in [0, 0.1) is 0 Å². The highest BCUT2D eigenvalue weighted by atomic mass is 16.6. The van der Waals surface area contributed by atoms with E-state index in [9.17, 15) is 14.4 Å². The molecule has 0 aliphatic rings. The first-order valence-electron chi connectivity index (χ1n) is 2.83. The van der Waals surface area contributed by atoms with Crippen LogP contribution in [0.1, 0.15) is 6.92 Å². The molecule has 0 aliphatic heterocycles. The largest absolute Gasteiger partial charge is 0.387 e. The Morgan fingerprint density at radius 1 is 1.40 bits per heavy atom.